The SMILES string of the molecule is Cc1ccc(NC(=O)NCC(C)(C)C(N)=O)cc1OCC(F)F. The number of benzene rings is 1. The maximum Gasteiger partial charge on any atom is 0.319 e. The van der Waals surface area contributed by atoms with Gasteiger partial charge >= 0.3 is 6.03 Å². The number of carbonyl (C=O) groups is 2. The van der Waals surface area contributed by atoms with Gasteiger partial charge in [-0.1, -0.05) is 6.07 Å². The van der Waals surface area contributed by atoms with Gasteiger partial charge in [-0.25, -0.2) is 13.6 Å². The van der Waals surface area contributed by atoms with Crippen molar-refractivity contribution < 1.29 is 23.1 Å². The van der Waals surface area contributed by atoms with E-state index < -0.39 is 30.4 Å². The highest BCUT2D eigenvalue weighted by molar-refractivity contribution is 5.90. The lowest BCUT2D eigenvalue weighted by Gasteiger charge is -2.21. The molecule has 1 aromatic carbocycles. The van der Waals surface area contributed by atoms with Crippen molar-refractivity contribution in [3.63, 3.8) is 0 Å². The van der Waals surface area contributed by atoms with Crippen LogP contribution in [0, 0.1) is 12.3 Å². The Balaban J connectivity index is 2.64. The van der Waals surface area contributed by atoms with Gasteiger partial charge in [0.2, 0.25) is 5.91 Å². The number of alkyl halides is 2. The van der Waals surface area contributed by atoms with Crippen LogP contribution in [0.1, 0.15) is 19.4 Å². The van der Waals surface area contributed by atoms with E-state index in [1.54, 1.807) is 32.9 Å². The van der Waals surface area contributed by atoms with Gasteiger partial charge in [-0.15, -0.1) is 0 Å². The standard InChI is InChI=1S/C15H21F2N3O3/c1-9-4-5-10(6-11(9)23-7-12(16)17)20-14(22)19-8-15(2,3)13(18)21/h4-6,12H,7-8H2,1-3H3,(H2,18,21)(H2,19,20,22). The van der Waals surface area contributed by atoms with E-state index in [2.05, 4.69) is 10.6 Å². The number of rotatable bonds is 7. The molecule has 6 nitrogen and oxygen atoms in total. The summed E-state index contributed by atoms with van der Waals surface area (Å²) in [4.78, 5) is 23.0. The van der Waals surface area contributed by atoms with Crippen LogP contribution in [-0.2, 0) is 4.79 Å². The highest BCUT2D eigenvalue weighted by atomic mass is 19.3. The zero-order valence-electron chi connectivity index (χ0n) is 13.3. The molecule has 8 heteroatoms. The Labute approximate surface area is 133 Å². The van der Waals surface area contributed by atoms with Gasteiger partial charge in [0.15, 0.2) is 0 Å². The van der Waals surface area contributed by atoms with Crippen LogP contribution in [0.3, 0.4) is 0 Å². The van der Waals surface area contributed by atoms with E-state index in [0.29, 0.717) is 11.3 Å². The Hall–Kier alpha value is -2.38. The lowest BCUT2D eigenvalue weighted by molar-refractivity contribution is -0.125. The molecule has 0 aromatic heterocycles. The number of aryl methyl sites for hydroxylation is 1. The second-order valence-corrected chi connectivity index (χ2v) is 5.74. The average Bonchev–Trinajstić information content (AvgIpc) is 2.45. The lowest BCUT2D eigenvalue weighted by atomic mass is 9.93. The number of primary amides is 1. The van der Waals surface area contributed by atoms with E-state index in [1.807, 2.05) is 0 Å². The summed E-state index contributed by atoms with van der Waals surface area (Å²) >= 11 is 0. The number of amides is 3. The molecule has 0 aliphatic rings. The summed E-state index contributed by atoms with van der Waals surface area (Å²) < 4.78 is 29.4. The summed E-state index contributed by atoms with van der Waals surface area (Å²) in [6.45, 7) is 4.27. The maximum atomic E-state index is 12.2. The summed E-state index contributed by atoms with van der Waals surface area (Å²) in [5.41, 5.74) is 5.39. The van der Waals surface area contributed by atoms with Gasteiger partial charge in [0.1, 0.15) is 12.4 Å². The quantitative estimate of drug-likeness (QED) is 0.716. The van der Waals surface area contributed by atoms with E-state index in [9.17, 15) is 18.4 Å². The molecule has 4 N–H and O–H groups in total. The van der Waals surface area contributed by atoms with Crippen LogP contribution in [0.2, 0.25) is 0 Å². The third-order valence-electron chi connectivity index (χ3n) is 3.17. The van der Waals surface area contributed by atoms with Crippen LogP contribution >= 0.6 is 0 Å². The topological polar surface area (TPSA) is 93.5 Å². The minimum absolute atomic E-state index is 0.0643. The Morgan fingerprint density at radius 1 is 1.35 bits per heavy atom. The molecular formula is C15H21F2N3O3. The fraction of sp³-hybridized carbons (Fsp3) is 0.467. The van der Waals surface area contributed by atoms with Crippen molar-refractivity contribution in [1.29, 1.82) is 0 Å². The largest absolute Gasteiger partial charge is 0.487 e. The number of nitrogens with two attached hydrogens (primary N) is 1. The Bertz CT molecular complexity index is 577. The first-order valence-electron chi connectivity index (χ1n) is 6.98. The van der Waals surface area contributed by atoms with E-state index in [1.165, 1.54) is 6.07 Å². The number of ether oxygens (including phenoxy) is 1. The maximum absolute atomic E-state index is 12.2. The summed E-state index contributed by atoms with van der Waals surface area (Å²) in [6.07, 6.45) is -2.58. The molecule has 0 aliphatic carbocycles. The van der Waals surface area contributed by atoms with Gasteiger partial charge in [-0.3, -0.25) is 4.79 Å². The number of halogens is 2. The molecule has 0 atom stereocenters. The second-order valence-electron chi connectivity index (χ2n) is 5.74. The fourth-order valence-corrected chi connectivity index (χ4v) is 1.55. The van der Waals surface area contributed by atoms with Gasteiger partial charge in [-0.05, 0) is 32.4 Å². The van der Waals surface area contributed by atoms with Gasteiger partial charge in [0.25, 0.3) is 6.43 Å². The Morgan fingerprint density at radius 3 is 2.57 bits per heavy atom. The zero-order chi connectivity index (χ0) is 17.6. The molecule has 0 bridgehead atoms. The van der Waals surface area contributed by atoms with Crippen LogP contribution < -0.4 is 21.1 Å². The molecule has 128 valence electrons. The molecule has 0 unspecified atom stereocenters. The van der Waals surface area contributed by atoms with Crippen molar-refractivity contribution in [3.05, 3.63) is 23.8 Å². The Morgan fingerprint density at radius 2 is 2.00 bits per heavy atom. The molecule has 3 amide bonds. The number of nitrogens with one attached hydrogen (secondary N) is 2. The highest BCUT2D eigenvalue weighted by Gasteiger charge is 2.25. The molecule has 0 fully saturated rings. The smallest absolute Gasteiger partial charge is 0.319 e. The third-order valence-corrected chi connectivity index (χ3v) is 3.17. The molecular weight excluding hydrogens is 308 g/mol. The van der Waals surface area contributed by atoms with Crippen molar-refractivity contribution in [2.45, 2.75) is 27.2 Å². The fourth-order valence-electron chi connectivity index (χ4n) is 1.55. The monoisotopic (exact) mass is 329 g/mol. The molecule has 0 radical (unpaired) electrons. The lowest BCUT2D eigenvalue weighted by Crippen LogP contribution is -2.43. The van der Waals surface area contributed by atoms with Crippen molar-refractivity contribution in [3.8, 4) is 5.75 Å². The first-order valence-corrected chi connectivity index (χ1v) is 6.98. The van der Waals surface area contributed by atoms with E-state index in [4.69, 9.17) is 10.5 Å². The van der Waals surface area contributed by atoms with Crippen molar-refractivity contribution in [2.75, 3.05) is 18.5 Å². The first kappa shape index (κ1) is 18.7. The minimum Gasteiger partial charge on any atom is -0.487 e. The summed E-state index contributed by atoms with van der Waals surface area (Å²) in [6, 6.07) is 4.17. The van der Waals surface area contributed by atoms with Crippen molar-refractivity contribution in [2.24, 2.45) is 11.1 Å². The van der Waals surface area contributed by atoms with Crippen LogP contribution in [0.4, 0.5) is 19.3 Å². The van der Waals surface area contributed by atoms with Gasteiger partial charge in [0.05, 0.1) is 5.41 Å². The van der Waals surface area contributed by atoms with Gasteiger partial charge in [-0.2, -0.15) is 0 Å². The van der Waals surface area contributed by atoms with Gasteiger partial charge < -0.3 is 21.1 Å². The number of urea groups is 1. The van der Waals surface area contributed by atoms with Crippen LogP contribution in [0.25, 0.3) is 0 Å². The number of hydrogen-bond donors (Lipinski definition) is 3. The van der Waals surface area contributed by atoms with E-state index in [-0.39, 0.29) is 12.3 Å². The summed E-state index contributed by atoms with van der Waals surface area (Å²) in [5, 5.41) is 5.06. The molecule has 0 saturated carbocycles. The van der Waals surface area contributed by atoms with Crippen LogP contribution in [0.15, 0.2) is 18.2 Å². The van der Waals surface area contributed by atoms with E-state index in [0.717, 1.165) is 0 Å². The van der Waals surface area contributed by atoms with E-state index >= 15 is 0 Å². The average molecular weight is 329 g/mol. The molecule has 1 rings (SSSR count). The highest BCUT2D eigenvalue weighted by Crippen LogP contribution is 2.23. The first-order chi connectivity index (χ1) is 10.6. The number of anilines is 1. The zero-order valence-corrected chi connectivity index (χ0v) is 13.3. The summed E-state index contributed by atoms with van der Waals surface area (Å²) in [7, 11) is 0. The van der Waals surface area contributed by atoms with Crippen molar-refractivity contribution >= 4 is 17.6 Å². The molecule has 0 saturated heterocycles. The molecule has 0 spiro atoms. The Kier molecular flexibility index (Phi) is 6.29. The van der Waals surface area contributed by atoms with Crippen LogP contribution in [0.5, 0.6) is 5.75 Å². The molecule has 23 heavy (non-hydrogen) atoms. The second kappa shape index (κ2) is 7.75. The third kappa shape index (κ3) is 6.09. The predicted molar refractivity (Wildman–Crippen MR) is 82.7 cm³/mol. The normalized spacial score (nSPS) is 11.2. The number of hydrogen-bond acceptors (Lipinski definition) is 3. The molecule has 0 heterocycles. The van der Waals surface area contributed by atoms with Crippen LogP contribution in [-0.4, -0.2) is 31.5 Å². The number of carbonyl (C=O) groups excluding carboxylic acids is 2. The van der Waals surface area contributed by atoms with Gasteiger partial charge in [0, 0.05) is 18.3 Å². The van der Waals surface area contributed by atoms with Crippen molar-refractivity contribution in [1.82, 2.24) is 5.32 Å². The summed E-state index contributed by atoms with van der Waals surface area (Å²) in [5.74, 6) is -0.267. The predicted octanol–water partition coefficient (Wildman–Crippen LogP) is 2.27. The molecule has 0 aliphatic heterocycles. The molecule has 1 aromatic rings. The minimum atomic E-state index is -2.58.